The smallest absolute Gasteiger partial charge is 0.227 e. The average Bonchev–Trinajstić information content (AvgIpc) is 2.84. The van der Waals surface area contributed by atoms with E-state index >= 15 is 0 Å². The molecule has 2 amide bonds. The third-order valence-electron chi connectivity index (χ3n) is 4.55. The van der Waals surface area contributed by atoms with Gasteiger partial charge in [0.25, 0.3) is 0 Å². The first kappa shape index (κ1) is 17.1. The van der Waals surface area contributed by atoms with Gasteiger partial charge in [0.05, 0.1) is 17.6 Å². The van der Waals surface area contributed by atoms with Crippen molar-refractivity contribution in [3.63, 3.8) is 0 Å². The second-order valence-corrected chi connectivity index (χ2v) is 6.50. The van der Waals surface area contributed by atoms with Gasteiger partial charge in [-0.15, -0.1) is 0 Å². The highest BCUT2D eigenvalue weighted by Gasteiger charge is 2.25. The van der Waals surface area contributed by atoms with E-state index in [-0.39, 0.29) is 17.7 Å². The summed E-state index contributed by atoms with van der Waals surface area (Å²) in [6.07, 6.45) is 5.54. The SMILES string of the molecule is Cc1cc(CCC(=O)Nc2ccc(NC(=O)C3CCC3)cn2)nn1C. The molecule has 25 heavy (non-hydrogen) atoms. The van der Waals surface area contributed by atoms with E-state index in [2.05, 4.69) is 20.7 Å². The van der Waals surface area contributed by atoms with Gasteiger partial charge in [0.15, 0.2) is 0 Å². The number of carbonyl (C=O) groups is 2. The van der Waals surface area contributed by atoms with Gasteiger partial charge in [-0.1, -0.05) is 6.42 Å². The first-order chi connectivity index (χ1) is 12.0. The zero-order chi connectivity index (χ0) is 17.8. The van der Waals surface area contributed by atoms with Crippen LogP contribution in [-0.2, 0) is 23.1 Å². The lowest BCUT2D eigenvalue weighted by atomic mass is 9.85. The Morgan fingerprint density at radius 1 is 1.28 bits per heavy atom. The fraction of sp³-hybridized carbons (Fsp3) is 0.444. The quantitative estimate of drug-likeness (QED) is 0.844. The van der Waals surface area contributed by atoms with E-state index in [0.29, 0.717) is 24.3 Å². The minimum Gasteiger partial charge on any atom is -0.324 e. The van der Waals surface area contributed by atoms with E-state index in [0.717, 1.165) is 30.7 Å². The summed E-state index contributed by atoms with van der Waals surface area (Å²) in [5, 5.41) is 9.95. The summed E-state index contributed by atoms with van der Waals surface area (Å²) in [7, 11) is 1.88. The minimum atomic E-state index is -0.109. The van der Waals surface area contributed by atoms with Crippen LogP contribution in [0.1, 0.15) is 37.1 Å². The number of hydrogen-bond acceptors (Lipinski definition) is 4. The van der Waals surface area contributed by atoms with Crippen molar-refractivity contribution in [2.75, 3.05) is 10.6 Å². The predicted octanol–water partition coefficient (Wildman–Crippen LogP) is 2.43. The summed E-state index contributed by atoms with van der Waals surface area (Å²) in [6, 6.07) is 5.42. The van der Waals surface area contributed by atoms with Crippen LogP contribution in [0, 0.1) is 12.8 Å². The molecule has 0 spiro atoms. The summed E-state index contributed by atoms with van der Waals surface area (Å²) in [5.41, 5.74) is 2.62. The first-order valence-corrected chi connectivity index (χ1v) is 8.57. The van der Waals surface area contributed by atoms with Crippen molar-refractivity contribution in [2.45, 2.75) is 39.0 Å². The van der Waals surface area contributed by atoms with E-state index in [1.807, 2.05) is 20.0 Å². The molecule has 7 heteroatoms. The molecule has 2 heterocycles. The molecule has 132 valence electrons. The fourth-order valence-electron chi connectivity index (χ4n) is 2.66. The van der Waals surface area contributed by atoms with E-state index < -0.39 is 0 Å². The van der Waals surface area contributed by atoms with Gasteiger partial charge < -0.3 is 10.6 Å². The molecule has 0 unspecified atom stereocenters. The first-order valence-electron chi connectivity index (χ1n) is 8.57. The number of amides is 2. The minimum absolute atomic E-state index is 0.0514. The van der Waals surface area contributed by atoms with Gasteiger partial charge in [-0.2, -0.15) is 5.10 Å². The Bertz CT molecular complexity index is 743. The van der Waals surface area contributed by atoms with Gasteiger partial charge in [-0.05, 0) is 38.0 Å². The van der Waals surface area contributed by atoms with Crippen molar-refractivity contribution >= 4 is 23.3 Å². The molecule has 0 aliphatic heterocycles. The number of nitrogens with one attached hydrogen (secondary N) is 2. The third kappa shape index (κ3) is 4.43. The third-order valence-corrected chi connectivity index (χ3v) is 4.55. The maximum absolute atomic E-state index is 12.0. The van der Waals surface area contributed by atoms with Crippen LogP contribution in [0.2, 0.25) is 0 Å². The number of pyridine rings is 1. The summed E-state index contributed by atoms with van der Waals surface area (Å²) < 4.78 is 1.80. The maximum atomic E-state index is 12.0. The van der Waals surface area contributed by atoms with Gasteiger partial charge in [0, 0.05) is 31.5 Å². The van der Waals surface area contributed by atoms with Crippen LogP contribution in [0.3, 0.4) is 0 Å². The molecule has 0 saturated heterocycles. The Balaban J connectivity index is 1.47. The standard InChI is InChI=1S/C18H23N5O2/c1-12-10-14(22-23(12)2)7-9-17(24)21-16-8-6-15(11-19-16)20-18(25)13-4-3-5-13/h6,8,10-11,13H,3-5,7,9H2,1-2H3,(H,20,25)(H,19,21,24). The monoisotopic (exact) mass is 341 g/mol. The lowest BCUT2D eigenvalue weighted by Crippen LogP contribution is -2.28. The fourth-order valence-corrected chi connectivity index (χ4v) is 2.66. The van der Waals surface area contributed by atoms with Crippen molar-refractivity contribution in [1.29, 1.82) is 0 Å². The Morgan fingerprint density at radius 2 is 2.08 bits per heavy atom. The number of nitrogens with zero attached hydrogens (tertiary/aromatic N) is 3. The number of carbonyl (C=O) groups excluding carboxylic acids is 2. The molecule has 3 rings (SSSR count). The molecule has 1 aliphatic carbocycles. The molecule has 0 atom stereocenters. The molecule has 0 radical (unpaired) electrons. The number of rotatable bonds is 6. The van der Waals surface area contributed by atoms with Crippen LogP contribution in [0.25, 0.3) is 0 Å². The number of anilines is 2. The molecule has 1 saturated carbocycles. The lowest BCUT2D eigenvalue weighted by molar-refractivity contribution is -0.122. The topological polar surface area (TPSA) is 88.9 Å². The van der Waals surface area contributed by atoms with Crippen LogP contribution in [0.15, 0.2) is 24.4 Å². The van der Waals surface area contributed by atoms with Crippen molar-refractivity contribution in [1.82, 2.24) is 14.8 Å². The van der Waals surface area contributed by atoms with Crippen LogP contribution < -0.4 is 10.6 Å². The van der Waals surface area contributed by atoms with Gasteiger partial charge in [-0.3, -0.25) is 14.3 Å². The molecule has 2 aromatic rings. The average molecular weight is 341 g/mol. The molecule has 2 N–H and O–H groups in total. The Kier molecular flexibility index (Phi) is 5.11. The van der Waals surface area contributed by atoms with Crippen LogP contribution in [-0.4, -0.2) is 26.6 Å². The van der Waals surface area contributed by atoms with Crippen LogP contribution in [0.5, 0.6) is 0 Å². The van der Waals surface area contributed by atoms with Gasteiger partial charge in [0.2, 0.25) is 11.8 Å². The van der Waals surface area contributed by atoms with Gasteiger partial charge in [0.1, 0.15) is 5.82 Å². The maximum Gasteiger partial charge on any atom is 0.227 e. The zero-order valence-corrected chi connectivity index (χ0v) is 14.6. The zero-order valence-electron chi connectivity index (χ0n) is 14.6. The van der Waals surface area contributed by atoms with Gasteiger partial charge in [-0.25, -0.2) is 4.98 Å². The lowest BCUT2D eigenvalue weighted by Gasteiger charge is -2.23. The molecule has 1 fully saturated rings. The second-order valence-electron chi connectivity index (χ2n) is 6.50. The summed E-state index contributed by atoms with van der Waals surface area (Å²) >= 11 is 0. The molecular weight excluding hydrogens is 318 g/mol. The Hall–Kier alpha value is -2.70. The second kappa shape index (κ2) is 7.46. The van der Waals surface area contributed by atoms with E-state index in [1.54, 1.807) is 23.0 Å². The summed E-state index contributed by atoms with van der Waals surface area (Å²) in [5.74, 6) is 0.552. The van der Waals surface area contributed by atoms with Crippen LogP contribution in [0.4, 0.5) is 11.5 Å². The molecule has 2 aromatic heterocycles. The van der Waals surface area contributed by atoms with E-state index in [1.165, 1.54) is 0 Å². The van der Waals surface area contributed by atoms with Crippen molar-refractivity contribution in [3.05, 3.63) is 35.8 Å². The number of hydrogen-bond donors (Lipinski definition) is 2. The largest absolute Gasteiger partial charge is 0.324 e. The van der Waals surface area contributed by atoms with Crippen molar-refractivity contribution in [3.8, 4) is 0 Å². The number of aryl methyl sites for hydroxylation is 3. The Morgan fingerprint density at radius 3 is 2.64 bits per heavy atom. The normalized spacial score (nSPS) is 14.0. The molecule has 0 bridgehead atoms. The summed E-state index contributed by atoms with van der Waals surface area (Å²) in [4.78, 5) is 28.1. The molecule has 0 aromatic carbocycles. The van der Waals surface area contributed by atoms with Crippen molar-refractivity contribution < 1.29 is 9.59 Å². The highest BCUT2D eigenvalue weighted by atomic mass is 16.2. The predicted molar refractivity (Wildman–Crippen MR) is 95.1 cm³/mol. The molecular formula is C18H23N5O2. The highest BCUT2D eigenvalue weighted by molar-refractivity contribution is 5.93. The van der Waals surface area contributed by atoms with E-state index in [9.17, 15) is 9.59 Å². The Labute approximate surface area is 146 Å². The number of aromatic nitrogens is 3. The van der Waals surface area contributed by atoms with E-state index in [4.69, 9.17) is 0 Å². The van der Waals surface area contributed by atoms with Crippen LogP contribution >= 0.6 is 0 Å². The van der Waals surface area contributed by atoms with Crippen molar-refractivity contribution in [2.24, 2.45) is 13.0 Å². The molecule has 7 nitrogen and oxygen atoms in total. The molecule has 1 aliphatic rings. The van der Waals surface area contributed by atoms with Gasteiger partial charge >= 0.3 is 0 Å². The highest BCUT2D eigenvalue weighted by Crippen LogP contribution is 2.27. The summed E-state index contributed by atoms with van der Waals surface area (Å²) in [6.45, 7) is 1.98.